The number of thiazole rings is 1. The second-order valence-electron chi connectivity index (χ2n) is 3.95. The van der Waals surface area contributed by atoms with E-state index in [4.69, 9.17) is 0 Å². The molecule has 5 heteroatoms. The quantitative estimate of drug-likeness (QED) is 0.622. The van der Waals surface area contributed by atoms with Crippen molar-refractivity contribution in [1.29, 1.82) is 0 Å². The van der Waals surface area contributed by atoms with E-state index in [-0.39, 0.29) is 0 Å². The summed E-state index contributed by atoms with van der Waals surface area (Å²) in [5.74, 6) is 0. The van der Waals surface area contributed by atoms with Crippen molar-refractivity contribution >= 4 is 34.3 Å². The largest absolute Gasteiger partial charge is 0.296 e. The molecule has 2 aromatic heterocycles. The molecule has 2 heterocycles. The molecular formula is C11H14N2OS2. The van der Waals surface area contributed by atoms with Crippen LogP contribution in [0, 0.1) is 13.8 Å². The van der Waals surface area contributed by atoms with E-state index in [9.17, 15) is 4.79 Å². The summed E-state index contributed by atoms with van der Waals surface area (Å²) >= 11 is 3.27. The van der Waals surface area contributed by atoms with Gasteiger partial charge in [-0.25, -0.2) is 4.98 Å². The Hall–Kier alpha value is -0.810. The number of imidazole rings is 1. The van der Waals surface area contributed by atoms with Crippen molar-refractivity contribution in [1.82, 2.24) is 9.38 Å². The molecule has 0 bridgehead atoms. The highest BCUT2D eigenvalue weighted by atomic mass is 32.2. The summed E-state index contributed by atoms with van der Waals surface area (Å²) in [5, 5.41) is 1.28. The fraction of sp³-hybridized carbons (Fsp3) is 0.455. The monoisotopic (exact) mass is 254 g/mol. The highest BCUT2D eigenvalue weighted by Crippen LogP contribution is 2.31. The molecule has 3 nitrogen and oxygen atoms in total. The smallest absolute Gasteiger partial charge is 0.195 e. The van der Waals surface area contributed by atoms with E-state index >= 15 is 0 Å². The molecule has 0 atom stereocenters. The average Bonchev–Trinajstić information content (AvgIpc) is 2.64. The summed E-state index contributed by atoms with van der Waals surface area (Å²) in [7, 11) is 0. The number of nitrogens with zero attached hydrogens (tertiary/aromatic N) is 2. The summed E-state index contributed by atoms with van der Waals surface area (Å²) < 4.78 is 1.96. The van der Waals surface area contributed by atoms with Gasteiger partial charge in [0.15, 0.2) is 11.2 Å². The predicted octanol–water partition coefficient (Wildman–Crippen LogP) is 3.33. The van der Waals surface area contributed by atoms with Crippen LogP contribution in [0.25, 0.3) is 4.96 Å². The second kappa shape index (κ2) is 4.22. The minimum Gasteiger partial charge on any atom is -0.296 e. The molecule has 0 saturated heterocycles. The van der Waals surface area contributed by atoms with Gasteiger partial charge in [0.05, 0.1) is 0 Å². The van der Waals surface area contributed by atoms with Crippen LogP contribution >= 0.6 is 23.1 Å². The van der Waals surface area contributed by atoms with E-state index in [0.717, 1.165) is 22.0 Å². The van der Waals surface area contributed by atoms with Gasteiger partial charge in [0, 0.05) is 15.8 Å². The first kappa shape index (κ1) is 11.7. The maximum Gasteiger partial charge on any atom is 0.195 e. The van der Waals surface area contributed by atoms with Crippen LogP contribution in [0.2, 0.25) is 0 Å². The second-order valence-corrected chi connectivity index (χ2v) is 6.70. The molecule has 0 N–H and O–H groups in total. The lowest BCUT2D eigenvalue weighted by Gasteiger charge is -2.01. The first-order valence-electron chi connectivity index (χ1n) is 5.15. The molecule has 16 heavy (non-hydrogen) atoms. The van der Waals surface area contributed by atoms with E-state index < -0.39 is 0 Å². The van der Waals surface area contributed by atoms with Crippen LogP contribution in [0.15, 0.2) is 5.03 Å². The van der Waals surface area contributed by atoms with Crippen molar-refractivity contribution in [3.63, 3.8) is 0 Å². The first-order valence-corrected chi connectivity index (χ1v) is 6.84. The normalized spacial score (nSPS) is 11.6. The first-order chi connectivity index (χ1) is 7.54. The minimum absolute atomic E-state index is 0.435. The Morgan fingerprint density at radius 2 is 2.12 bits per heavy atom. The number of thioether (sulfide) groups is 1. The van der Waals surface area contributed by atoms with E-state index in [1.165, 1.54) is 4.88 Å². The molecule has 2 aromatic rings. The zero-order valence-electron chi connectivity index (χ0n) is 9.77. The van der Waals surface area contributed by atoms with Gasteiger partial charge in [0.2, 0.25) is 0 Å². The number of aryl methyl sites for hydroxylation is 2. The van der Waals surface area contributed by atoms with E-state index in [2.05, 4.69) is 25.8 Å². The third-order valence-corrected chi connectivity index (χ3v) is 4.45. The fourth-order valence-corrected chi connectivity index (χ4v) is 3.45. The maximum atomic E-state index is 11.2. The van der Waals surface area contributed by atoms with Crippen molar-refractivity contribution in [2.75, 3.05) is 0 Å². The lowest BCUT2D eigenvalue weighted by atomic mass is 10.4. The number of hydrogen-bond donors (Lipinski definition) is 0. The molecule has 0 aromatic carbocycles. The Labute approximate surface area is 103 Å². The van der Waals surface area contributed by atoms with Gasteiger partial charge in [-0.15, -0.1) is 23.1 Å². The summed E-state index contributed by atoms with van der Waals surface area (Å²) in [5.41, 5.74) is 1.81. The Kier molecular flexibility index (Phi) is 3.08. The fourth-order valence-electron chi connectivity index (χ4n) is 1.57. The topological polar surface area (TPSA) is 34.4 Å². The molecule has 86 valence electrons. The molecule has 0 fully saturated rings. The van der Waals surface area contributed by atoms with Gasteiger partial charge in [-0.2, -0.15) is 0 Å². The molecule has 0 unspecified atom stereocenters. The Bertz CT molecular complexity index is 540. The minimum atomic E-state index is 0.435. The summed E-state index contributed by atoms with van der Waals surface area (Å²) in [4.78, 5) is 17.8. The molecule has 2 rings (SSSR count). The number of aromatic nitrogens is 2. The third kappa shape index (κ3) is 1.78. The molecule has 0 radical (unpaired) electrons. The Morgan fingerprint density at radius 1 is 1.44 bits per heavy atom. The molecule has 0 spiro atoms. The molecule has 0 saturated carbocycles. The lowest BCUT2D eigenvalue weighted by molar-refractivity contribution is 0.111. The van der Waals surface area contributed by atoms with Crippen molar-refractivity contribution in [3.8, 4) is 0 Å². The summed E-state index contributed by atoms with van der Waals surface area (Å²) in [6.07, 6.45) is 0.907. The van der Waals surface area contributed by atoms with Crippen LogP contribution in [0.5, 0.6) is 0 Å². The van der Waals surface area contributed by atoms with E-state index in [0.29, 0.717) is 10.9 Å². The molecule has 0 amide bonds. The number of hydrogen-bond acceptors (Lipinski definition) is 4. The molecular weight excluding hydrogens is 240 g/mol. The highest BCUT2D eigenvalue weighted by Gasteiger charge is 2.17. The van der Waals surface area contributed by atoms with Crippen molar-refractivity contribution in [2.45, 2.75) is 38.0 Å². The predicted molar refractivity (Wildman–Crippen MR) is 68.9 cm³/mol. The van der Waals surface area contributed by atoms with Crippen molar-refractivity contribution in [2.24, 2.45) is 0 Å². The van der Waals surface area contributed by atoms with Crippen LogP contribution in [0.4, 0.5) is 0 Å². The molecule has 0 aliphatic heterocycles. The van der Waals surface area contributed by atoms with Crippen LogP contribution in [-0.4, -0.2) is 20.9 Å². The number of rotatable bonds is 3. The van der Waals surface area contributed by atoms with Gasteiger partial charge in [-0.05, 0) is 13.8 Å². The number of aldehydes is 1. The van der Waals surface area contributed by atoms with Crippen molar-refractivity contribution in [3.05, 3.63) is 16.3 Å². The van der Waals surface area contributed by atoms with Gasteiger partial charge >= 0.3 is 0 Å². The zero-order valence-corrected chi connectivity index (χ0v) is 11.4. The van der Waals surface area contributed by atoms with E-state index in [1.54, 1.807) is 23.1 Å². The van der Waals surface area contributed by atoms with Gasteiger partial charge in [-0.1, -0.05) is 13.8 Å². The molecule has 0 aliphatic rings. The lowest BCUT2D eigenvalue weighted by Crippen LogP contribution is -1.95. The number of fused-ring (bicyclic) bond motifs is 1. The van der Waals surface area contributed by atoms with Crippen LogP contribution in [0.3, 0.4) is 0 Å². The summed E-state index contributed by atoms with van der Waals surface area (Å²) in [6, 6.07) is 0. The van der Waals surface area contributed by atoms with Gasteiger partial charge in [-0.3, -0.25) is 9.20 Å². The van der Waals surface area contributed by atoms with Gasteiger partial charge in [0.1, 0.15) is 10.7 Å². The Balaban J connectivity index is 2.64. The molecule has 0 aliphatic carbocycles. The Morgan fingerprint density at radius 3 is 2.69 bits per heavy atom. The van der Waals surface area contributed by atoms with E-state index in [1.807, 2.05) is 11.3 Å². The van der Waals surface area contributed by atoms with Crippen LogP contribution < -0.4 is 0 Å². The van der Waals surface area contributed by atoms with Crippen molar-refractivity contribution < 1.29 is 4.79 Å². The van der Waals surface area contributed by atoms with Gasteiger partial charge < -0.3 is 0 Å². The number of carbonyl (C=O) groups excluding carboxylic acids is 1. The van der Waals surface area contributed by atoms with Gasteiger partial charge in [0.25, 0.3) is 0 Å². The SMILES string of the molecule is Cc1sc2nc(SC(C)C)c(C=O)n2c1C. The zero-order chi connectivity index (χ0) is 11.9. The number of carbonyl (C=O) groups is 1. The third-order valence-electron chi connectivity index (χ3n) is 2.40. The standard InChI is InChI=1S/C11H14N2OS2/c1-6(2)15-10-9(5-14)13-7(3)8(4)16-11(13)12-10/h5-6H,1-4H3. The average molecular weight is 254 g/mol. The van der Waals surface area contributed by atoms with Crippen LogP contribution in [0.1, 0.15) is 34.9 Å². The van der Waals surface area contributed by atoms with Crippen LogP contribution in [-0.2, 0) is 0 Å². The maximum absolute atomic E-state index is 11.2. The summed E-state index contributed by atoms with van der Waals surface area (Å²) in [6.45, 7) is 8.28. The highest BCUT2D eigenvalue weighted by molar-refractivity contribution is 7.99.